The number of ketones is 1. The monoisotopic (exact) mass is 306 g/mol. The van der Waals surface area contributed by atoms with E-state index in [2.05, 4.69) is 0 Å². The van der Waals surface area contributed by atoms with Gasteiger partial charge in [-0.25, -0.2) is 0 Å². The molecule has 0 N–H and O–H groups in total. The number of rotatable bonds is 3. The zero-order valence-electron chi connectivity index (χ0n) is 12.5. The second kappa shape index (κ2) is 6.02. The predicted octanol–water partition coefficient (Wildman–Crippen LogP) is 3.90. The van der Waals surface area contributed by atoms with Crippen molar-refractivity contribution in [2.24, 2.45) is 11.3 Å². The number of carbonyl (C=O) groups excluding carboxylic acids is 2. The summed E-state index contributed by atoms with van der Waals surface area (Å²) >= 11 is 5.86. The Morgan fingerprint density at radius 1 is 1.33 bits per heavy atom. The highest BCUT2D eigenvalue weighted by atomic mass is 35.5. The molecular weight excluding hydrogens is 288 g/mol. The van der Waals surface area contributed by atoms with Crippen LogP contribution in [0.15, 0.2) is 29.8 Å². The number of benzene rings is 1. The van der Waals surface area contributed by atoms with Crippen molar-refractivity contribution in [3.8, 4) is 0 Å². The van der Waals surface area contributed by atoms with E-state index in [1.54, 1.807) is 12.1 Å². The molecule has 0 heterocycles. The molecule has 21 heavy (non-hydrogen) atoms. The van der Waals surface area contributed by atoms with Crippen LogP contribution < -0.4 is 0 Å². The summed E-state index contributed by atoms with van der Waals surface area (Å²) in [6.07, 6.45) is 2.94. The van der Waals surface area contributed by atoms with Crippen LogP contribution in [-0.4, -0.2) is 18.9 Å². The van der Waals surface area contributed by atoms with Gasteiger partial charge in [0, 0.05) is 5.02 Å². The van der Waals surface area contributed by atoms with Crippen molar-refractivity contribution < 1.29 is 14.3 Å². The number of carbonyl (C=O) groups is 2. The van der Waals surface area contributed by atoms with E-state index in [1.165, 1.54) is 7.11 Å². The molecule has 0 aromatic heterocycles. The lowest BCUT2D eigenvalue weighted by atomic mass is 9.74. The summed E-state index contributed by atoms with van der Waals surface area (Å²) in [4.78, 5) is 24.9. The first-order valence-electron chi connectivity index (χ1n) is 7.01. The van der Waals surface area contributed by atoms with Gasteiger partial charge in [-0.2, -0.15) is 0 Å². The lowest BCUT2D eigenvalue weighted by molar-refractivity contribution is -0.159. The van der Waals surface area contributed by atoms with Crippen LogP contribution in [0.5, 0.6) is 0 Å². The van der Waals surface area contributed by atoms with Gasteiger partial charge >= 0.3 is 5.97 Å². The normalized spacial score (nSPS) is 23.9. The third-order valence-corrected chi connectivity index (χ3v) is 4.48. The first-order valence-corrected chi connectivity index (χ1v) is 7.39. The van der Waals surface area contributed by atoms with E-state index in [1.807, 2.05) is 32.1 Å². The van der Waals surface area contributed by atoms with Crippen molar-refractivity contribution in [3.63, 3.8) is 0 Å². The molecule has 0 saturated heterocycles. The molecule has 4 heteroatoms. The first-order chi connectivity index (χ1) is 9.91. The van der Waals surface area contributed by atoms with Crippen LogP contribution in [0.1, 0.15) is 32.3 Å². The third-order valence-electron chi connectivity index (χ3n) is 4.23. The van der Waals surface area contributed by atoms with Gasteiger partial charge in [0.15, 0.2) is 5.78 Å². The van der Waals surface area contributed by atoms with E-state index in [0.717, 1.165) is 5.56 Å². The summed E-state index contributed by atoms with van der Waals surface area (Å²) in [6, 6.07) is 7.28. The SMILES string of the molecule is COC(=O)C1(C(C)C)CCC(=Cc2ccc(Cl)cc2)C1=O. The van der Waals surface area contributed by atoms with Gasteiger partial charge in [0.1, 0.15) is 5.41 Å². The van der Waals surface area contributed by atoms with Gasteiger partial charge in [0.25, 0.3) is 0 Å². The molecule has 1 saturated carbocycles. The van der Waals surface area contributed by atoms with Gasteiger partial charge < -0.3 is 4.74 Å². The fraction of sp³-hybridized carbons (Fsp3) is 0.412. The minimum atomic E-state index is -1.03. The molecule has 1 unspecified atom stereocenters. The Morgan fingerprint density at radius 2 is 1.95 bits per heavy atom. The Kier molecular flexibility index (Phi) is 4.52. The molecule has 112 valence electrons. The van der Waals surface area contributed by atoms with Gasteiger partial charge in [-0.3, -0.25) is 9.59 Å². The van der Waals surface area contributed by atoms with Crippen LogP contribution in [0.3, 0.4) is 0 Å². The minimum absolute atomic E-state index is 0.0893. The molecule has 1 aromatic rings. The summed E-state index contributed by atoms with van der Waals surface area (Å²) in [5.74, 6) is -0.630. The molecule has 1 fully saturated rings. The Bertz CT molecular complexity index is 587. The van der Waals surface area contributed by atoms with Crippen LogP contribution in [0.2, 0.25) is 5.02 Å². The highest BCUT2D eigenvalue weighted by Gasteiger charge is 2.54. The van der Waals surface area contributed by atoms with Crippen LogP contribution in [-0.2, 0) is 14.3 Å². The quantitative estimate of drug-likeness (QED) is 0.483. The van der Waals surface area contributed by atoms with Crippen molar-refractivity contribution in [1.29, 1.82) is 0 Å². The van der Waals surface area contributed by atoms with Crippen LogP contribution in [0.4, 0.5) is 0 Å². The number of ether oxygens (including phenoxy) is 1. The van der Waals surface area contributed by atoms with Crippen LogP contribution in [0, 0.1) is 11.3 Å². The molecule has 3 nitrogen and oxygen atoms in total. The van der Waals surface area contributed by atoms with Crippen molar-refractivity contribution >= 4 is 29.4 Å². The fourth-order valence-electron chi connectivity index (χ4n) is 2.91. The maximum absolute atomic E-state index is 12.7. The van der Waals surface area contributed by atoms with E-state index in [-0.39, 0.29) is 11.7 Å². The maximum atomic E-state index is 12.7. The van der Waals surface area contributed by atoms with E-state index in [0.29, 0.717) is 23.4 Å². The van der Waals surface area contributed by atoms with Gasteiger partial charge in [0.2, 0.25) is 0 Å². The van der Waals surface area contributed by atoms with Crippen LogP contribution in [0.25, 0.3) is 6.08 Å². The van der Waals surface area contributed by atoms with Crippen molar-refractivity contribution in [2.45, 2.75) is 26.7 Å². The second-order valence-electron chi connectivity index (χ2n) is 5.67. The van der Waals surface area contributed by atoms with Gasteiger partial charge in [0.05, 0.1) is 7.11 Å². The third kappa shape index (κ3) is 2.75. The minimum Gasteiger partial charge on any atom is -0.468 e. The summed E-state index contributed by atoms with van der Waals surface area (Å²) in [5.41, 5.74) is 0.552. The molecule has 0 bridgehead atoms. The number of allylic oxidation sites excluding steroid dienone is 1. The molecule has 0 amide bonds. The molecule has 1 atom stereocenters. The molecular formula is C17H19ClO3. The summed E-state index contributed by atoms with van der Waals surface area (Å²) < 4.78 is 4.88. The Hall–Kier alpha value is -1.61. The summed E-state index contributed by atoms with van der Waals surface area (Å²) in [6.45, 7) is 3.78. The lowest BCUT2D eigenvalue weighted by Gasteiger charge is -2.28. The Labute approximate surface area is 129 Å². The lowest BCUT2D eigenvalue weighted by Crippen LogP contribution is -2.41. The summed E-state index contributed by atoms with van der Waals surface area (Å²) in [5, 5.41) is 0.654. The molecule has 0 spiro atoms. The Balaban J connectivity index is 2.36. The zero-order chi connectivity index (χ0) is 15.6. The number of Topliss-reactive ketones (excluding diaryl/α,β-unsaturated/α-hetero) is 1. The second-order valence-corrected chi connectivity index (χ2v) is 6.10. The Morgan fingerprint density at radius 3 is 2.48 bits per heavy atom. The topological polar surface area (TPSA) is 43.4 Å². The standard InChI is InChI=1S/C17H19ClO3/c1-11(2)17(16(20)21-3)9-8-13(15(17)19)10-12-4-6-14(18)7-5-12/h4-7,10-11H,8-9H2,1-3H3. The predicted molar refractivity (Wildman–Crippen MR) is 83.0 cm³/mol. The van der Waals surface area contributed by atoms with E-state index < -0.39 is 11.4 Å². The van der Waals surface area contributed by atoms with E-state index in [4.69, 9.17) is 16.3 Å². The average molecular weight is 307 g/mol. The molecule has 0 radical (unpaired) electrons. The first kappa shape index (κ1) is 15.8. The fourth-order valence-corrected chi connectivity index (χ4v) is 3.03. The van der Waals surface area contributed by atoms with Crippen molar-refractivity contribution in [3.05, 3.63) is 40.4 Å². The highest BCUT2D eigenvalue weighted by molar-refractivity contribution is 6.30. The van der Waals surface area contributed by atoms with Crippen molar-refractivity contribution in [1.82, 2.24) is 0 Å². The molecule has 1 aliphatic carbocycles. The summed E-state index contributed by atoms with van der Waals surface area (Å²) in [7, 11) is 1.33. The smallest absolute Gasteiger partial charge is 0.320 e. The molecule has 2 rings (SSSR count). The number of methoxy groups -OCH3 is 1. The van der Waals surface area contributed by atoms with Gasteiger partial charge in [-0.15, -0.1) is 0 Å². The van der Waals surface area contributed by atoms with Gasteiger partial charge in [-0.1, -0.05) is 37.6 Å². The van der Waals surface area contributed by atoms with E-state index in [9.17, 15) is 9.59 Å². The average Bonchev–Trinajstić information content (AvgIpc) is 2.79. The zero-order valence-corrected chi connectivity index (χ0v) is 13.2. The van der Waals surface area contributed by atoms with E-state index >= 15 is 0 Å². The molecule has 1 aliphatic rings. The number of halogens is 1. The largest absolute Gasteiger partial charge is 0.468 e. The van der Waals surface area contributed by atoms with Gasteiger partial charge in [-0.05, 0) is 48.1 Å². The van der Waals surface area contributed by atoms with Crippen LogP contribution >= 0.6 is 11.6 Å². The van der Waals surface area contributed by atoms with Crippen molar-refractivity contribution in [2.75, 3.05) is 7.11 Å². The number of hydrogen-bond acceptors (Lipinski definition) is 3. The highest BCUT2D eigenvalue weighted by Crippen LogP contribution is 2.45. The maximum Gasteiger partial charge on any atom is 0.320 e. The number of esters is 1. The number of hydrogen-bond donors (Lipinski definition) is 0. The molecule has 0 aliphatic heterocycles. The molecule has 1 aromatic carbocycles.